The first kappa shape index (κ1) is 12.3. The van der Waals surface area contributed by atoms with E-state index in [1.54, 1.807) is 0 Å². The van der Waals surface area contributed by atoms with Crippen LogP contribution in [0.15, 0.2) is 24.3 Å². The highest BCUT2D eigenvalue weighted by molar-refractivity contribution is 5.97. The maximum Gasteiger partial charge on any atom is 0.163 e. The number of ketones is 1. The smallest absolute Gasteiger partial charge is 0.163 e. The normalized spacial score (nSPS) is 17.0. The van der Waals surface area contributed by atoms with Gasteiger partial charge in [-0.3, -0.25) is 4.79 Å². The molecule has 0 aliphatic carbocycles. The lowest BCUT2D eigenvalue weighted by Crippen LogP contribution is -2.19. The van der Waals surface area contributed by atoms with Gasteiger partial charge in [-0.1, -0.05) is 31.2 Å². The summed E-state index contributed by atoms with van der Waals surface area (Å²) in [6.07, 6.45) is 3.66. The molecule has 0 atom stereocenters. The van der Waals surface area contributed by atoms with Crippen LogP contribution in [0, 0.1) is 5.92 Å². The Morgan fingerprint density at radius 3 is 2.71 bits per heavy atom. The zero-order chi connectivity index (χ0) is 12.1. The number of Topliss-reactive ketones (excluding diaryl/α,β-unsaturated/α-hetero) is 1. The van der Waals surface area contributed by atoms with Crippen LogP contribution in [0.25, 0.3) is 0 Å². The third-order valence-corrected chi connectivity index (χ3v) is 3.51. The molecule has 2 heteroatoms. The molecule has 0 radical (unpaired) electrons. The first-order chi connectivity index (χ1) is 8.31. The second kappa shape index (κ2) is 5.97. The van der Waals surface area contributed by atoms with Crippen molar-refractivity contribution in [2.24, 2.45) is 5.92 Å². The zero-order valence-corrected chi connectivity index (χ0v) is 10.4. The Kier molecular flexibility index (Phi) is 4.32. The van der Waals surface area contributed by atoms with Crippen LogP contribution in [0.4, 0.5) is 0 Å². The highest BCUT2D eigenvalue weighted by Crippen LogP contribution is 2.22. The molecular weight excluding hydrogens is 212 g/mol. The van der Waals surface area contributed by atoms with Gasteiger partial charge in [-0.05, 0) is 30.7 Å². The van der Waals surface area contributed by atoms with E-state index >= 15 is 0 Å². The van der Waals surface area contributed by atoms with Gasteiger partial charge in [-0.25, -0.2) is 0 Å². The number of rotatable bonds is 4. The van der Waals surface area contributed by atoms with Crippen LogP contribution in [0.2, 0.25) is 0 Å². The average molecular weight is 232 g/mol. The number of hydrogen-bond donors (Lipinski definition) is 0. The Morgan fingerprint density at radius 2 is 2.00 bits per heavy atom. The molecule has 2 nitrogen and oxygen atoms in total. The summed E-state index contributed by atoms with van der Waals surface area (Å²) in [6.45, 7) is 3.72. The molecule has 0 aromatic heterocycles. The van der Waals surface area contributed by atoms with Gasteiger partial charge in [-0.15, -0.1) is 0 Å². The van der Waals surface area contributed by atoms with Gasteiger partial charge in [0.25, 0.3) is 0 Å². The van der Waals surface area contributed by atoms with Crippen molar-refractivity contribution in [3.8, 4) is 0 Å². The monoisotopic (exact) mass is 232 g/mol. The van der Waals surface area contributed by atoms with E-state index < -0.39 is 0 Å². The van der Waals surface area contributed by atoms with Crippen molar-refractivity contribution < 1.29 is 9.53 Å². The first-order valence-corrected chi connectivity index (χ1v) is 6.50. The number of ether oxygens (including phenoxy) is 1. The Hall–Kier alpha value is -1.15. The van der Waals surface area contributed by atoms with Crippen LogP contribution in [0.5, 0.6) is 0 Å². The van der Waals surface area contributed by atoms with E-state index in [0.717, 1.165) is 38.0 Å². The number of carbonyl (C=O) groups is 1. The fraction of sp³-hybridized carbons (Fsp3) is 0.533. The first-order valence-electron chi connectivity index (χ1n) is 6.50. The van der Waals surface area contributed by atoms with Crippen LogP contribution in [-0.4, -0.2) is 19.0 Å². The molecular formula is C15H20O2. The number of aryl methyl sites for hydroxylation is 1. The van der Waals surface area contributed by atoms with Crippen molar-refractivity contribution >= 4 is 5.78 Å². The second-order valence-electron chi connectivity index (χ2n) is 4.69. The molecule has 1 saturated heterocycles. The Labute approximate surface area is 103 Å². The minimum Gasteiger partial charge on any atom is -0.381 e. The molecule has 1 aromatic rings. The molecule has 1 fully saturated rings. The SMILES string of the molecule is CCc1ccccc1C(=O)CC1CCOCC1. The van der Waals surface area contributed by atoms with E-state index in [1.807, 2.05) is 18.2 Å². The maximum atomic E-state index is 12.3. The van der Waals surface area contributed by atoms with Crippen molar-refractivity contribution in [1.82, 2.24) is 0 Å². The Bertz CT molecular complexity index is 378. The highest BCUT2D eigenvalue weighted by atomic mass is 16.5. The van der Waals surface area contributed by atoms with Gasteiger partial charge in [0.15, 0.2) is 5.78 Å². The highest BCUT2D eigenvalue weighted by Gasteiger charge is 2.19. The molecule has 92 valence electrons. The number of benzene rings is 1. The van der Waals surface area contributed by atoms with Gasteiger partial charge in [0.1, 0.15) is 0 Å². The van der Waals surface area contributed by atoms with Gasteiger partial charge in [0.2, 0.25) is 0 Å². The summed E-state index contributed by atoms with van der Waals surface area (Å²) in [5, 5.41) is 0. The maximum absolute atomic E-state index is 12.3. The summed E-state index contributed by atoms with van der Waals surface area (Å²) in [4.78, 5) is 12.3. The largest absolute Gasteiger partial charge is 0.381 e. The fourth-order valence-electron chi connectivity index (χ4n) is 2.42. The summed E-state index contributed by atoms with van der Waals surface area (Å²) in [6, 6.07) is 7.97. The topological polar surface area (TPSA) is 26.3 Å². The van der Waals surface area contributed by atoms with Crippen LogP contribution < -0.4 is 0 Å². The Balaban J connectivity index is 2.03. The van der Waals surface area contributed by atoms with E-state index in [0.29, 0.717) is 18.1 Å². The molecule has 0 bridgehead atoms. The van der Waals surface area contributed by atoms with Gasteiger partial charge in [0.05, 0.1) is 0 Å². The molecule has 17 heavy (non-hydrogen) atoms. The lowest BCUT2D eigenvalue weighted by atomic mass is 9.90. The predicted molar refractivity (Wildman–Crippen MR) is 68.3 cm³/mol. The predicted octanol–water partition coefficient (Wildman–Crippen LogP) is 3.25. The van der Waals surface area contributed by atoms with Crippen LogP contribution in [-0.2, 0) is 11.2 Å². The summed E-state index contributed by atoms with van der Waals surface area (Å²) >= 11 is 0. The van der Waals surface area contributed by atoms with E-state index in [1.165, 1.54) is 5.56 Å². The molecule has 2 rings (SSSR count). The lowest BCUT2D eigenvalue weighted by molar-refractivity contribution is 0.0601. The van der Waals surface area contributed by atoms with Gasteiger partial charge >= 0.3 is 0 Å². The van der Waals surface area contributed by atoms with Crippen molar-refractivity contribution in [3.63, 3.8) is 0 Å². The minimum absolute atomic E-state index is 0.300. The van der Waals surface area contributed by atoms with Crippen LogP contribution >= 0.6 is 0 Å². The molecule has 0 spiro atoms. The summed E-state index contributed by atoms with van der Waals surface area (Å²) in [7, 11) is 0. The van der Waals surface area contributed by atoms with Crippen molar-refractivity contribution in [3.05, 3.63) is 35.4 Å². The quantitative estimate of drug-likeness (QED) is 0.745. The molecule has 1 aliphatic heterocycles. The number of carbonyl (C=O) groups excluding carboxylic acids is 1. The molecule has 1 heterocycles. The van der Waals surface area contributed by atoms with Gasteiger partial charge in [0, 0.05) is 25.2 Å². The van der Waals surface area contributed by atoms with E-state index in [9.17, 15) is 4.79 Å². The van der Waals surface area contributed by atoms with E-state index in [4.69, 9.17) is 4.74 Å². The zero-order valence-electron chi connectivity index (χ0n) is 10.4. The van der Waals surface area contributed by atoms with Gasteiger partial charge < -0.3 is 4.74 Å². The van der Waals surface area contributed by atoms with Crippen LogP contribution in [0.3, 0.4) is 0 Å². The average Bonchev–Trinajstić information content (AvgIpc) is 2.40. The van der Waals surface area contributed by atoms with Crippen molar-refractivity contribution in [1.29, 1.82) is 0 Å². The number of hydrogen-bond acceptors (Lipinski definition) is 2. The molecule has 0 N–H and O–H groups in total. The summed E-state index contributed by atoms with van der Waals surface area (Å²) in [5.41, 5.74) is 2.09. The summed E-state index contributed by atoms with van der Waals surface area (Å²) in [5.74, 6) is 0.815. The second-order valence-corrected chi connectivity index (χ2v) is 4.69. The molecule has 0 amide bonds. The van der Waals surface area contributed by atoms with E-state index in [-0.39, 0.29) is 0 Å². The van der Waals surface area contributed by atoms with Crippen LogP contribution in [0.1, 0.15) is 42.1 Å². The summed E-state index contributed by atoms with van der Waals surface area (Å²) < 4.78 is 5.32. The fourth-order valence-corrected chi connectivity index (χ4v) is 2.42. The molecule has 1 aliphatic rings. The Morgan fingerprint density at radius 1 is 1.29 bits per heavy atom. The molecule has 0 saturated carbocycles. The van der Waals surface area contributed by atoms with E-state index in [2.05, 4.69) is 13.0 Å². The minimum atomic E-state index is 0.300. The third-order valence-electron chi connectivity index (χ3n) is 3.51. The molecule has 1 aromatic carbocycles. The third kappa shape index (κ3) is 3.16. The van der Waals surface area contributed by atoms with Crippen molar-refractivity contribution in [2.45, 2.75) is 32.6 Å². The lowest BCUT2D eigenvalue weighted by Gasteiger charge is -2.21. The van der Waals surface area contributed by atoms with Gasteiger partial charge in [-0.2, -0.15) is 0 Å². The molecule has 0 unspecified atom stereocenters. The van der Waals surface area contributed by atoms with Crippen molar-refractivity contribution in [2.75, 3.05) is 13.2 Å². The standard InChI is InChI=1S/C15H20O2/c1-2-13-5-3-4-6-14(13)15(16)11-12-7-9-17-10-8-12/h3-6,12H,2,7-11H2,1H3.